The van der Waals surface area contributed by atoms with Crippen molar-refractivity contribution in [3.05, 3.63) is 54.4 Å². The fourth-order valence-electron chi connectivity index (χ4n) is 2.22. The first-order valence-electron chi connectivity index (χ1n) is 6.14. The molecule has 3 nitrogen and oxygen atoms in total. The predicted molar refractivity (Wildman–Crippen MR) is 76.3 cm³/mol. The lowest BCUT2D eigenvalue weighted by molar-refractivity contribution is 0.401. The Kier molecular flexibility index (Phi) is 2.88. The summed E-state index contributed by atoms with van der Waals surface area (Å²) in [6.45, 7) is 2.04. The van der Waals surface area contributed by atoms with E-state index in [-0.39, 0.29) is 0 Å². The van der Waals surface area contributed by atoms with Crippen LogP contribution in [0.25, 0.3) is 22.0 Å². The summed E-state index contributed by atoms with van der Waals surface area (Å²) in [5.41, 5.74) is 4.15. The predicted octanol–water partition coefficient (Wildman–Crippen LogP) is 3.61. The van der Waals surface area contributed by atoms with Crippen molar-refractivity contribution in [2.24, 2.45) is 0 Å². The normalized spacial score (nSPS) is 10.6. The molecule has 0 atom stereocenters. The number of hydrogen-bond acceptors (Lipinski definition) is 3. The second-order valence-electron chi connectivity index (χ2n) is 4.43. The lowest BCUT2D eigenvalue weighted by Gasteiger charge is -2.11. The van der Waals surface area contributed by atoms with Crippen LogP contribution in [0.15, 0.2) is 48.8 Å². The van der Waals surface area contributed by atoms with E-state index in [1.165, 1.54) is 0 Å². The Labute approximate surface area is 111 Å². The minimum absolute atomic E-state index is 0.646. The summed E-state index contributed by atoms with van der Waals surface area (Å²) in [5.74, 6) is 0.646. The summed E-state index contributed by atoms with van der Waals surface area (Å²) < 4.78 is 5.43. The van der Waals surface area contributed by atoms with Crippen molar-refractivity contribution < 1.29 is 4.74 Å². The summed E-state index contributed by atoms with van der Waals surface area (Å²) in [6, 6.07) is 12.1. The molecule has 0 saturated carbocycles. The maximum Gasteiger partial charge on any atom is 0.221 e. The number of hydrogen-bond donors (Lipinski definition) is 0. The van der Waals surface area contributed by atoms with E-state index in [4.69, 9.17) is 4.74 Å². The van der Waals surface area contributed by atoms with Crippen molar-refractivity contribution in [3.63, 3.8) is 0 Å². The molecule has 0 saturated heterocycles. The first-order chi connectivity index (χ1) is 9.29. The molecule has 3 aromatic rings. The molecule has 94 valence electrons. The second-order valence-corrected chi connectivity index (χ2v) is 4.43. The number of para-hydroxylation sites is 1. The number of fused-ring (bicyclic) bond motifs is 1. The van der Waals surface area contributed by atoms with Crippen LogP contribution < -0.4 is 4.74 Å². The molecule has 0 aliphatic heterocycles. The third-order valence-electron chi connectivity index (χ3n) is 3.19. The van der Waals surface area contributed by atoms with Crippen molar-refractivity contribution in [2.75, 3.05) is 7.11 Å². The quantitative estimate of drug-likeness (QED) is 0.696. The van der Waals surface area contributed by atoms with Gasteiger partial charge in [0.25, 0.3) is 0 Å². The number of methoxy groups -OCH3 is 1. The zero-order valence-corrected chi connectivity index (χ0v) is 10.9. The summed E-state index contributed by atoms with van der Waals surface area (Å²) in [4.78, 5) is 8.70. The third-order valence-corrected chi connectivity index (χ3v) is 3.19. The van der Waals surface area contributed by atoms with Crippen molar-refractivity contribution >= 4 is 10.9 Å². The van der Waals surface area contributed by atoms with Gasteiger partial charge in [-0.3, -0.25) is 4.98 Å². The maximum atomic E-state index is 5.43. The molecule has 2 heterocycles. The van der Waals surface area contributed by atoms with Gasteiger partial charge in [-0.25, -0.2) is 4.98 Å². The Balaban J connectivity index is 2.31. The van der Waals surface area contributed by atoms with Crippen molar-refractivity contribution in [2.45, 2.75) is 6.92 Å². The van der Waals surface area contributed by atoms with Gasteiger partial charge in [-0.2, -0.15) is 0 Å². The molecule has 0 unspecified atom stereocenters. The van der Waals surface area contributed by atoms with Gasteiger partial charge in [0.1, 0.15) is 0 Å². The van der Waals surface area contributed by atoms with Gasteiger partial charge >= 0.3 is 0 Å². The topological polar surface area (TPSA) is 35.0 Å². The number of pyridine rings is 2. The molecule has 0 bridgehead atoms. The Morgan fingerprint density at radius 3 is 2.68 bits per heavy atom. The summed E-state index contributed by atoms with van der Waals surface area (Å²) in [6.07, 6.45) is 3.64. The molecule has 3 heteroatoms. The van der Waals surface area contributed by atoms with E-state index in [1.807, 2.05) is 37.4 Å². The van der Waals surface area contributed by atoms with Crippen LogP contribution in [0.5, 0.6) is 5.88 Å². The van der Waals surface area contributed by atoms with E-state index in [9.17, 15) is 0 Å². The summed E-state index contributed by atoms with van der Waals surface area (Å²) in [7, 11) is 1.65. The molecule has 0 aliphatic rings. The minimum Gasteiger partial charge on any atom is -0.481 e. The largest absolute Gasteiger partial charge is 0.481 e. The van der Waals surface area contributed by atoms with Gasteiger partial charge in [0, 0.05) is 23.3 Å². The van der Waals surface area contributed by atoms with Crippen molar-refractivity contribution in [1.29, 1.82) is 0 Å². The Morgan fingerprint density at radius 1 is 1.05 bits per heavy atom. The number of aryl methyl sites for hydroxylation is 1. The van der Waals surface area contributed by atoms with Gasteiger partial charge in [-0.15, -0.1) is 0 Å². The average Bonchev–Trinajstić information content (AvgIpc) is 2.46. The highest BCUT2D eigenvalue weighted by molar-refractivity contribution is 5.86. The molecule has 0 radical (unpaired) electrons. The molecule has 0 N–H and O–H groups in total. The maximum absolute atomic E-state index is 5.43. The van der Waals surface area contributed by atoms with Crippen molar-refractivity contribution in [3.8, 4) is 17.0 Å². The number of benzene rings is 1. The van der Waals surface area contributed by atoms with E-state index < -0.39 is 0 Å². The smallest absolute Gasteiger partial charge is 0.221 e. The van der Waals surface area contributed by atoms with Gasteiger partial charge in [-0.1, -0.05) is 18.2 Å². The molecule has 3 rings (SSSR count). The highest BCUT2D eigenvalue weighted by Gasteiger charge is 2.11. The lowest BCUT2D eigenvalue weighted by Crippen LogP contribution is -1.94. The van der Waals surface area contributed by atoms with Crippen LogP contribution in [0.1, 0.15) is 5.56 Å². The third kappa shape index (κ3) is 2.03. The molecule has 0 amide bonds. The van der Waals surface area contributed by atoms with Gasteiger partial charge < -0.3 is 4.74 Å². The van der Waals surface area contributed by atoms with Gasteiger partial charge in [0.2, 0.25) is 5.88 Å². The zero-order chi connectivity index (χ0) is 13.2. The lowest BCUT2D eigenvalue weighted by atomic mass is 10.0. The number of aromatic nitrogens is 2. The molecular weight excluding hydrogens is 236 g/mol. The van der Waals surface area contributed by atoms with E-state index in [0.717, 1.165) is 27.6 Å². The summed E-state index contributed by atoms with van der Waals surface area (Å²) in [5, 5.41) is 1.11. The molecule has 1 aromatic carbocycles. The molecule has 0 aliphatic carbocycles. The molecule has 0 spiro atoms. The van der Waals surface area contributed by atoms with E-state index in [2.05, 4.69) is 22.1 Å². The fraction of sp³-hybridized carbons (Fsp3) is 0.125. The Hall–Kier alpha value is -2.42. The van der Waals surface area contributed by atoms with Crippen LogP contribution in [-0.4, -0.2) is 17.1 Å². The van der Waals surface area contributed by atoms with Crippen LogP contribution in [0.4, 0.5) is 0 Å². The Bertz CT molecular complexity index is 738. The fourth-order valence-corrected chi connectivity index (χ4v) is 2.22. The van der Waals surface area contributed by atoms with Gasteiger partial charge in [-0.05, 0) is 36.2 Å². The molecule has 19 heavy (non-hydrogen) atoms. The monoisotopic (exact) mass is 250 g/mol. The van der Waals surface area contributed by atoms with Gasteiger partial charge in [0.05, 0.1) is 12.6 Å². The highest BCUT2D eigenvalue weighted by Crippen LogP contribution is 2.32. The average molecular weight is 250 g/mol. The van der Waals surface area contributed by atoms with E-state index in [0.29, 0.717) is 5.88 Å². The number of rotatable bonds is 2. The Morgan fingerprint density at radius 2 is 1.89 bits per heavy atom. The van der Waals surface area contributed by atoms with Crippen molar-refractivity contribution in [1.82, 2.24) is 9.97 Å². The van der Waals surface area contributed by atoms with Crippen LogP contribution >= 0.6 is 0 Å². The SMILES string of the molecule is COc1nc2ccccc2cc1-c1ccncc1C. The molecular formula is C16H14N2O. The standard InChI is InChI=1S/C16H14N2O/c1-11-10-17-8-7-13(11)14-9-12-5-3-4-6-15(12)18-16(14)19-2/h3-10H,1-2H3. The second kappa shape index (κ2) is 4.69. The minimum atomic E-state index is 0.646. The van der Waals surface area contributed by atoms with Crippen LogP contribution in [0.3, 0.4) is 0 Å². The van der Waals surface area contributed by atoms with Gasteiger partial charge in [0.15, 0.2) is 0 Å². The zero-order valence-electron chi connectivity index (χ0n) is 10.9. The summed E-state index contributed by atoms with van der Waals surface area (Å²) >= 11 is 0. The molecule has 2 aromatic heterocycles. The first kappa shape index (κ1) is 11.7. The van der Waals surface area contributed by atoms with E-state index >= 15 is 0 Å². The number of ether oxygens (including phenoxy) is 1. The van der Waals surface area contributed by atoms with Crippen LogP contribution in [-0.2, 0) is 0 Å². The van der Waals surface area contributed by atoms with Crippen LogP contribution in [0.2, 0.25) is 0 Å². The molecule has 0 fully saturated rings. The van der Waals surface area contributed by atoms with Crippen LogP contribution in [0, 0.1) is 6.92 Å². The highest BCUT2D eigenvalue weighted by atomic mass is 16.5. The number of nitrogens with zero attached hydrogens (tertiary/aromatic N) is 2. The van der Waals surface area contributed by atoms with E-state index in [1.54, 1.807) is 13.3 Å². The first-order valence-corrected chi connectivity index (χ1v) is 6.14.